The van der Waals surface area contributed by atoms with E-state index in [9.17, 15) is 23.3 Å². The smallest absolute Gasteiger partial charge is 0.318 e. The summed E-state index contributed by atoms with van der Waals surface area (Å²) in [5.41, 5.74) is 1.70. The predicted octanol–water partition coefficient (Wildman–Crippen LogP) is 2.82. The van der Waals surface area contributed by atoms with Gasteiger partial charge in [0.25, 0.3) is 5.69 Å². The van der Waals surface area contributed by atoms with Crippen molar-refractivity contribution in [3.8, 4) is 11.1 Å². The lowest BCUT2D eigenvalue weighted by Crippen LogP contribution is -2.30. The predicted molar refractivity (Wildman–Crippen MR) is 99.9 cm³/mol. The normalized spacial score (nSPS) is 11.5. The Bertz CT molecular complexity index is 970. The van der Waals surface area contributed by atoms with Crippen LogP contribution in [0, 0.1) is 16.0 Å². The number of hydrogen-bond donors (Lipinski definition) is 2. The van der Waals surface area contributed by atoms with Crippen LogP contribution in [0.2, 0.25) is 0 Å². The molecular weight excluding hydrogens is 372 g/mol. The lowest BCUT2D eigenvalue weighted by Gasteiger charge is -2.14. The van der Waals surface area contributed by atoms with Gasteiger partial charge in [-0.15, -0.1) is 0 Å². The molecule has 27 heavy (non-hydrogen) atoms. The molecule has 0 amide bonds. The van der Waals surface area contributed by atoms with E-state index in [2.05, 4.69) is 4.72 Å². The number of nitrogens with zero attached hydrogens (tertiary/aromatic N) is 1. The number of sulfonamides is 1. The largest absolute Gasteiger partial charge is 0.480 e. The van der Waals surface area contributed by atoms with Crippen LogP contribution in [0.4, 0.5) is 5.69 Å². The highest BCUT2D eigenvalue weighted by Gasteiger charge is 2.21. The maximum absolute atomic E-state index is 12.5. The Kier molecular flexibility index (Phi) is 6.29. The molecule has 0 aromatic heterocycles. The number of carboxylic acids is 1. The first-order valence-electron chi connectivity index (χ1n) is 8.19. The molecule has 2 aromatic rings. The quantitative estimate of drug-likeness (QED) is 0.525. The molecule has 2 N–H and O–H groups in total. The number of hydrogen-bond acceptors (Lipinski definition) is 5. The second-order valence-corrected chi connectivity index (χ2v) is 8.18. The van der Waals surface area contributed by atoms with Gasteiger partial charge in [-0.1, -0.05) is 32.0 Å². The van der Waals surface area contributed by atoms with E-state index in [0.29, 0.717) is 23.1 Å². The lowest BCUT2D eigenvalue weighted by molar-refractivity contribution is -0.384. The summed E-state index contributed by atoms with van der Waals surface area (Å²) < 4.78 is 27.0. The van der Waals surface area contributed by atoms with Crippen LogP contribution in [0.1, 0.15) is 19.4 Å². The fourth-order valence-corrected chi connectivity index (χ4v) is 3.86. The zero-order valence-electron chi connectivity index (χ0n) is 14.9. The van der Waals surface area contributed by atoms with Gasteiger partial charge in [-0.25, -0.2) is 8.42 Å². The summed E-state index contributed by atoms with van der Waals surface area (Å²) in [5, 5.41) is 19.7. The van der Waals surface area contributed by atoms with Gasteiger partial charge in [0, 0.05) is 12.1 Å². The van der Waals surface area contributed by atoms with Crippen molar-refractivity contribution in [3.05, 3.63) is 58.1 Å². The van der Waals surface area contributed by atoms with E-state index in [-0.39, 0.29) is 16.5 Å². The molecule has 0 unspecified atom stereocenters. The summed E-state index contributed by atoms with van der Waals surface area (Å²) in [6.07, 6.45) is 0.450. The molecule has 0 bridgehead atoms. The molecule has 9 heteroatoms. The minimum absolute atomic E-state index is 0.00614. The number of non-ortho nitro benzene ring substituents is 1. The molecule has 2 aromatic carbocycles. The summed E-state index contributed by atoms with van der Waals surface area (Å²) in [5.74, 6) is -1.13. The van der Waals surface area contributed by atoms with Crippen molar-refractivity contribution < 1.29 is 23.2 Å². The number of aliphatic carboxylic acids is 1. The standard InChI is InChI=1S/C18H20N2O6S/c1-12(2)8-15-9-14(13-4-3-5-16(10-13)20(23)24)6-7-17(15)27(25,26)19-11-18(21)22/h3-7,9-10,12,19H,8,11H2,1-2H3,(H,21,22). The van der Waals surface area contributed by atoms with Gasteiger partial charge in [0.1, 0.15) is 6.54 Å². The first-order valence-corrected chi connectivity index (χ1v) is 9.67. The maximum Gasteiger partial charge on any atom is 0.318 e. The van der Waals surface area contributed by atoms with E-state index in [1.807, 2.05) is 13.8 Å². The third kappa shape index (κ3) is 5.35. The first-order chi connectivity index (χ1) is 12.6. The first kappa shape index (κ1) is 20.5. The van der Waals surface area contributed by atoms with Crippen LogP contribution in [0.5, 0.6) is 0 Å². The Morgan fingerprint density at radius 1 is 1.19 bits per heavy atom. The van der Waals surface area contributed by atoms with Gasteiger partial charge in [0.15, 0.2) is 0 Å². The highest BCUT2D eigenvalue weighted by atomic mass is 32.2. The Morgan fingerprint density at radius 2 is 1.85 bits per heavy atom. The monoisotopic (exact) mass is 392 g/mol. The zero-order valence-corrected chi connectivity index (χ0v) is 15.7. The van der Waals surface area contributed by atoms with Gasteiger partial charge in [-0.2, -0.15) is 4.72 Å². The highest BCUT2D eigenvalue weighted by Crippen LogP contribution is 2.28. The summed E-state index contributed by atoms with van der Waals surface area (Å²) in [7, 11) is -3.99. The number of rotatable bonds is 8. The van der Waals surface area contributed by atoms with Gasteiger partial charge in [0.05, 0.1) is 9.82 Å². The van der Waals surface area contributed by atoms with Gasteiger partial charge >= 0.3 is 5.97 Å². The van der Waals surface area contributed by atoms with Crippen molar-refractivity contribution in [2.24, 2.45) is 5.92 Å². The molecule has 0 spiro atoms. The third-order valence-electron chi connectivity index (χ3n) is 3.78. The van der Waals surface area contributed by atoms with Crippen LogP contribution in [0.3, 0.4) is 0 Å². The van der Waals surface area contributed by atoms with Crippen molar-refractivity contribution in [2.75, 3.05) is 6.54 Å². The second kappa shape index (κ2) is 8.28. The average molecular weight is 392 g/mol. The van der Waals surface area contributed by atoms with E-state index >= 15 is 0 Å². The fraction of sp³-hybridized carbons (Fsp3) is 0.278. The van der Waals surface area contributed by atoms with E-state index in [1.165, 1.54) is 18.2 Å². The molecule has 0 aliphatic heterocycles. The molecule has 0 atom stereocenters. The van der Waals surface area contributed by atoms with E-state index in [4.69, 9.17) is 5.11 Å². The van der Waals surface area contributed by atoms with Crippen LogP contribution in [0.15, 0.2) is 47.4 Å². The van der Waals surface area contributed by atoms with Crippen LogP contribution >= 0.6 is 0 Å². The Labute approximate surface area is 157 Å². The number of carbonyl (C=O) groups is 1. The average Bonchev–Trinajstić information content (AvgIpc) is 2.59. The van der Waals surface area contributed by atoms with Crippen molar-refractivity contribution >= 4 is 21.7 Å². The number of carboxylic acid groups (broad SMARTS) is 1. The van der Waals surface area contributed by atoms with Gasteiger partial charge < -0.3 is 5.11 Å². The molecule has 0 fully saturated rings. The fourth-order valence-electron chi connectivity index (χ4n) is 2.65. The van der Waals surface area contributed by atoms with Crippen molar-refractivity contribution in [2.45, 2.75) is 25.2 Å². The van der Waals surface area contributed by atoms with Crippen LogP contribution in [0.25, 0.3) is 11.1 Å². The summed E-state index contributed by atoms with van der Waals surface area (Å²) in [4.78, 5) is 21.2. The topological polar surface area (TPSA) is 127 Å². The molecule has 8 nitrogen and oxygen atoms in total. The molecular formula is C18H20N2O6S. The molecule has 0 saturated carbocycles. The molecule has 0 aliphatic carbocycles. The lowest BCUT2D eigenvalue weighted by atomic mass is 9.97. The van der Waals surface area contributed by atoms with Crippen molar-refractivity contribution in [3.63, 3.8) is 0 Å². The molecule has 144 valence electrons. The molecule has 0 saturated heterocycles. The van der Waals surface area contributed by atoms with Crippen LogP contribution in [-0.4, -0.2) is 31.0 Å². The highest BCUT2D eigenvalue weighted by molar-refractivity contribution is 7.89. The van der Waals surface area contributed by atoms with E-state index in [1.54, 1.807) is 24.3 Å². The zero-order chi connectivity index (χ0) is 20.2. The maximum atomic E-state index is 12.5. The third-order valence-corrected chi connectivity index (χ3v) is 5.28. The summed E-state index contributed by atoms with van der Waals surface area (Å²) >= 11 is 0. The van der Waals surface area contributed by atoms with Gasteiger partial charge in [-0.05, 0) is 41.2 Å². The number of benzene rings is 2. The molecule has 0 aliphatic rings. The summed E-state index contributed by atoms with van der Waals surface area (Å²) in [6.45, 7) is 3.15. The SMILES string of the molecule is CC(C)Cc1cc(-c2cccc([N+](=O)[O-])c2)ccc1S(=O)(=O)NCC(=O)O. The molecule has 0 radical (unpaired) electrons. The summed E-state index contributed by atoms with van der Waals surface area (Å²) in [6, 6.07) is 10.7. The Morgan fingerprint density at radius 3 is 2.44 bits per heavy atom. The van der Waals surface area contributed by atoms with Crippen LogP contribution < -0.4 is 4.72 Å². The molecule has 2 rings (SSSR count). The Hall–Kier alpha value is -2.78. The van der Waals surface area contributed by atoms with Gasteiger partial charge in [0.2, 0.25) is 10.0 Å². The second-order valence-electron chi connectivity index (χ2n) is 6.45. The van der Waals surface area contributed by atoms with Gasteiger partial charge in [-0.3, -0.25) is 14.9 Å². The van der Waals surface area contributed by atoms with Crippen molar-refractivity contribution in [1.29, 1.82) is 0 Å². The number of nitro benzene ring substituents is 1. The van der Waals surface area contributed by atoms with Crippen LogP contribution in [-0.2, 0) is 21.2 Å². The number of nitrogens with one attached hydrogen (secondary N) is 1. The number of nitro groups is 1. The molecule has 0 heterocycles. The minimum Gasteiger partial charge on any atom is -0.480 e. The Balaban J connectivity index is 2.51. The minimum atomic E-state index is -3.99. The van der Waals surface area contributed by atoms with E-state index < -0.39 is 27.5 Å². The van der Waals surface area contributed by atoms with E-state index in [0.717, 1.165) is 0 Å². The van der Waals surface area contributed by atoms with Crippen molar-refractivity contribution in [1.82, 2.24) is 4.72 Å².